The van der Waals surface area contributed by atoms with Gasteiger partial charge in [-0.3, -0.25) is 0 Å². The van der Waals surface area contributed by atoms with Crippen LogP contribution >= 0.6 is 15.9 Å². The molecular formula is C13H7BrF3NO3. The molecule has 0 spiro atoms. The number of nitrogens with zero attached hydrogens (tertiary/aromatic N) is 1. The number of ether oxygens (including phenoxy) is 1. The van der Waals surface area contributed by atoms with E-state index in [0.29, 0.717) is 10.5 Å². The standard InChI is InChI=1S/C13H7BrF3NO3/c14-8-1-2-10(9(6-8)12(19)20)21-11-5-7(3-4-18-11)13(15,16)17/h1-6H,(H,19,20). The Labute approximate surface area is 125 Å². The zero-order valence-electron chi connectivity index (χ0n) is 10.2. The number of carbonyl (C=O) groups is 1. The Bertz CT molecular complexity index is 689. The lowest BCUT2D eigenvalue weighted by Gasteiger charge is -2.10. The number of carboxylic acids is 1. The Morgan fingerprint density at radius 1 is 1.24 bits per heavy atom. The predicted molar refractivity (Wildman–Crippen MR) is 70.4 cm³/mol. The number of rotatable bonds is 3. The number of hydrogen-bond donors (Lipinski definition) is 1. The highest BCUT2D eigenvalue weighted by Gasteiger charge is 2.31. The maximum Gasteiger partial charge on any atom is 0.416 e. The molecule has 1 heterocycles. The number of carboxylic acid groups (broad SMARTS) is 1. The summed E-state index contributed by atoms with van der Waals surface area (Å²) in [6, 6.07) is 5.62. The molecule has 110 valence electrons. The molecule has 4 nitrogen and oxygen atoms in total. The first-order chi connectivity index (χ1) is 9.77. The van der Waals surface area contributed by atoms with E-state index >= 15 is 0 Å². The molecule has 0 aliphatic carbocycles. The van der Waals surface area contributed by atoms with Crippen LogP contribution in [0.2, 0.25) is 0 Å². The Kier molecular flexibility index (Phi) is 4.17. The van der Waals surface area contributed by atoms with Crippen molar-refractivity contribution < 1.29 is 27.8 Å². The summed E-state index contributed by atoms with van der Waals surface area (Å²) in [6.45, 7) is 0. The zero-order chi connectivity index (χ0) is 15.6. The highest BCUT2D eigenvalue weighted by Crippen LogP contribution is 2.32. The lowest BCUT2D eigenvalue weighted by atomic mass is 10.2. The molecule has 0 aliphatic rings. The van der Waals surface area contributed by atoms with Gasteiger partial charge in [0.25, 0.3) is 0 Å². The topological polar surface area (TPSA) is 59.4 Å². The third-order valence-electron chi connectivity index (χ3n) is 2.45. The predicted octanol–water partition coefficient (Wildman–Crippen LogP) is 4.35. The van der Waals surface area contributed by atoms with Crippen LogP contribution in [0.25, 0.3) is 0 Å². The van der Waals surface area contributed by atoms with Crippen LogP contribution in [0, 0.1) is 0 Å². The van der Waals surface area contributed by atoms with Crippen LogP contribution in [-0.4, -0.2) is 16.1 Å². The van der Waals surface area contributed by atoms with Gasteiger partial charge in [-0.15, -0.1) is 0 Å². The fraction of sp³-hybridized carbons (Fsp3) is 0.0769. The summed E-state index contributed by atoms with van der Waals surface area (Å²) in [5, 5.41) is 9.05. The molecule has 0 aliphatic heterocycles. The number of hydrogen-bond acceptors (Lipinski definition) is 3. The van der Waals surface area contributed by atoms with E-state index in [9.17, 15) is 18.0 Å². The van der Waals surface area contributed by atoms with Gasteiger partial charge in [-0.1, -0.05) is 15.9 Å². The van der Waals surface area contributed by atoms with Gasteiger partial charge >= 0.3 is 12.1 Å². The van der Waals surface area contributed by atoms with Crippen molar-refractivity contribution >= 4 is 21.9 Å². The molecule has 0 bridgehead atoms. The van der Waals surface area contributed by atoms with Crippen molar-refractivity contribution in [2.75, 3.05) is 0 Å². The molecule has 8 heteroatoms. The van der Waals surface area contributed by atoms with E-state index in [2.05, 4.69) is 20.9 Å². The Morgan fingerprint density at radius 2 is 1.95 bits per heavy atom. The van der Waals surface area contributed by atoms with E-state index < -0.39 is 17.7 Å². The van der Waals surface area contributed by atoms with Gasteiger partial charge < -0.3 is 9.84 Å². The summed E-state index contributed by atoms with van der Waals surface area (Å²) in [6.07, 6.45) is -3.59. The summed E-state index contributed by atoms with van der Waals surface area (Å²) in [5.74, 6) is -1.70. The van der Waals surface area contributed by atoms with E-state index in [1.807, 2.05) is 0 Å². The molecule has 1 aromatic carbocycles. The Balaban J connectivity index is 2.37. The molecule has 0 fully saturated rings. The first kappa shape index (κ1) is 15.3. The summed E-state index contributed by atoms with van der Waals surface area (Å²) in [7, 11) is 0. The average molecular weight is 362 g/mol. The van der Waals surface area contributed by atoms with Crippen LogP contribution in [0.5, 0.6) is 11.6 Å². The molecule has 2 rings (SSSR count). The molecule has 2 aromatic rings. The van der Waals surface area contributed by atoms with Gasteiger partial charge in [0.15, 0.2) is 0 Å². The van der Waals surface area contributed by atoms with Crippen LogP contribution in [-0.2, 0) is 6.18 Å². The van der Waals surface area contributed by atoms with Crippen LogP contribution in [0.4, 0.5) is 13.2 Å². The second-order valence-corrected chi connectivity index (χ2v) is 4.84. The smallest absolute Gasteiger partial charge is 0.416 e. The molecular weight excluding hydrogens is 355 g/mol. The Hall–Kier alpha value is -2.09. The largest absolute Gasteiger partial charge is 0.478 e. The first-order valence-corrected chi connectivity index (χ1v) is 6.30. The molecule has 0 saturated carbocycles. The van der Waals surface area contributed by atoms with Crippen LogP contribution in [0.1, 0.15) is 15.9 Å². The van der Waals surface area contributed by atoms with Crippen LogP contribution in [0.3, 0.4) is 0 Å². The van der Waals surface area contributed by atoms with Crippen molar-refractivity contribution in [3.63, 3.8) is 0 Å². The molecule has 0 amide bonds. The summed E-state index contributed by atoms with van der Waals surface area (Å²) in [5.41, 5.74) is -1.12. The van der Waals surface area contributed by atoms with Gasteiger partial charge in [-0.2, -0.15) is 13.2 Å². The van der Waals surface area contributed by atoms with Gasteiger partial charge in [0.05, 0.1) is 5.56 Å². The van der Waals surface area contributed by atoms with Crippen LogP contribution in [0.15, 0.2) is 41.0 Å². The third kappa shape index (κ3) is 3.72. The molecule has 21 heavy (non-hydrogen) atoms. The van der Waals surface area contributed by atoms with E-state index in [4.69, 9.17) is 9.84 Å². The minimum Gasteiger partial charge on any atom is -0.478 e. The van der Waals surface area contributed by atoms with Gasteiger partial charge in [0.2, 0.25) is 5.88 Å². The number of halogens is 4. The van der Waals surface area contributed by atoms with Crippen LogP contribution < -0.4 is 4.74 Å². The van der Waals surface area contributed by atoms with Gasteiger partial charge in [-0.05, 0) is 24.3 Å². The number of aromatic carboxylic acids is 1. The number of alkyl halides is 3. The summed E-state index contributed by atoms with van der Waals surface area (Å²) < 4.78 is 43.4. The monoisotopic (exact) mass is 361 g/mol. The summed E-state index contributed by atoms with van der Waals surface area (Å²) >= 11 is 3.10. The van der Waals surface area contributed by atoms with Gasteiger partial charge in [-0.25, -0.2) is 9.78 Å². The van der Waals surface area contributed by atoms with Crippen molar-refractivity contribution in [1.29, 1.82) is 0 Å². The van der Waals surface area contributed by atoms with E-state index in [0.717, 1.165) is 12.3 Å². The van der Waals surface area contributed by atoms with Gasteiger partial charge in [0, 0.05) is 16.7 Å². The van der Waals surface area contributed by atoms with E-state index in [-0.39, 0.29) is 17.2 Å². The van der Waals surface area contributed by atoms with Crippen molar-refractivity contribution in [1.82, 2.24) is 4.98 Å². The van der Waals surface area contributed by atoms with Crippen molar-refractivity contribution in [3.05, 3.63) is 52.1 Å². The minimum atomic E-state index is -4.53. The van der Waals surface area contributed by atoms with Crippen molar-refractivity contribution in [3.8, 4) is 11.6 Å². The molecule has 1 N–H and O–H groups in total. The normalized spacial score (nSPS) is 11.2. The Morgan fingerprint density at radius 3 is 2.57 bits per heavy atom. The number of aromatic nitrogens is 1. The molecule has 0 saturated heterocycles. The van der Waals surface area contributed by atoms with Crippen molar-refractivity contribution in [2.24, 2.45) is 0 Å². The van der Waals surface area contributed by atoms with E-state index in [1.165, 1.54) is 18.2 Å². The molecule has 0 atom stereocenters. The lowest BCUT2D eigenvalue weighted by molar-refractivity contribution is -0.137. The second-order valence-electron chi connectivity index (χ2n) is 3.93. The zero-order valence-corrected chi connectivity index (χ0v) is 11.8. The first-order valence-electron chi connectivity index (χ1n) is 5.51. The fourth-order valence-electron chi connectivity index (χ4n) is 1.51. The summed E-state index contributed by atoms with van der Waals surface area (Å²) in [4.78, 5) is 14.7. The minimum absolute atomic E-state index is 0.0995. The lowest BCUT2D eigenvalue weighted by Crippen LogP contribution is -2.06. The maximum absolute atomic E-state index is 12.6. The third-order valence-corrected chi connectivity index (χ3v) is 2.94. The molecule has 0 radical (unpaired) electrons. The molecule has 1 aromatic heterocycles. The highest BCUT2D eigenvalue weighted by molar-refractivity contribution is 9.10. The quantitative estimate of drug-likeness (QED) is 0.882. The molecule has 0 unspecified atom stereocenters. The fourth-order valence-corrected chi connectivity index (χ4v) is 1.87. The SMILES string of the molecule is O=C(O)c1cc(Br)ccc1Oc1cc(C(F)(F)F)ccn1. The maximum atomic E-state index is 12.6. The van der Waals surface area contributed by atoms with Crippen molar-refractivity contribution in [2.45, 2.75) is 6.18 Å². The van der Waals surface area contributed by atoms with E-state index in [1.54, 1.807) is 0 Å². The second kappa shape index (κ2) is 5.72. The highest BCUT2D eigenvalue weighted by atomic mass is 79.9. The number of benzene rings is 1. The van der Waals surface area contributed by atoms with Gasteiger partial charge in [0.1, 0.15) is 11.3 Å². The average Bonchev–Trinajstić information content (AvgIpc) is 2.40. The number of pyridine rings is 1.